The number of imide groups is 1. The summed E-state index contributed by atoms with van der Waals surface area (Å²) in [5.74, 6) is -0.216. The smallest absolute Gasteiger partial charge is 0.261 e. The molecule has 0 spiro atoms. The van der Waals surface area contributed by atoms with Crippen molar-refractivity contribution >= 4 is 21.8 Å². The first-order valence-electron chi connectivity index (χ1n) is 8.18. The van der Waals surface area contributed by atoms with E-state index in [0.29, 0.717) is 5.92 Å². The zero-order valence-electron chi connectivity index (χ0n) is 14.2. The van der Waals surface area contributed by atoms with Crippen LogP contribution in [0.1, 0.15) is 53.3 Å². The van der Waals surface area contributed by atoms with Gasteiger partial charge in [0.15, 0.2) is 0 Å². The topological polar surface area (TPSA) is 74.8 Å². The molecular formula is C17H22N2O4S. The maximum absolute atomic E-state index is 12.9. The molecule has 0 bridgehead atoms. The lowest BCUT2D eigenvalue weighted by Gasteiger charge is -2.32. The SMILES string of the molecule is CC1CCC(N(C)S(=O)(=O)c2ccc3c(c2)C(=O)N(C)C3=O)CC1. The van der Waals surface area contributed by atoms with Gasteiger partial charge in [-0.1, -0.05) is 6.92 Å². The zero-order valence-corrected chi connectivity index (χ0v) is 15.0. The third kappa shape index (κ3) is 2.65. The van der Waals surface area contributed by atoms with Gasteiger partial charge in [0.1, 0.15) is 0 Å². The van der Waals surface area contributed by atoms with E-state index in [2.05, 4.69) is 6.92 Å². The van der Waals surface area contributed by atoms with Gasteiger partial charge in [-0.05, 0) is 49.8 Å². The van der Waals surface area contributed by atoms with E-state index in [1.54, 1.807) is 7.05 Å². The average Bonchev–Trinajstić information content (AvgIpc) is 2.79. The number of sulfonamides is 1. The summed E-state index contributed by atoms with van der Waals surface area (Å²) in [4.78, 5) is 25.1. The second kappa shape index (κ2) is 5.97. The van der Waals surface area contributed by atoms with Gasteiger partial charge in [0.2, 0.25) is 10.0 Å². The Morgan fingerprint density at radius 1 is 1.04 bits per heavy atom. The van der Waals surface area contributed by atoms with Crippen LogP contribution < -0.4 is 0 Å². The molecule has 2 amide bonds. The summed E-state index contributed by atoms with van der Waals surface area (Å²) in [6.07, 6.45) is 3.74. The minimum Gasteiger partial charge on any atom is -0.277 e. The van der Waals surface area contributed by atoms with Gasteiger partial charge in [-0.2, -0.15) is 4.31 Å². The van der Waals surface area contributed by atoms with E-state index in [4.69, 9.17) is 0 Å². The van der Waals surface area contributed by atoms with E-state index in [9.17, 15) is 18.0 Å². The van der Waals surface area contributed by atoms with Crippen molar-refractivity contribution in [2.24, 2.45) is 5.92 Å². The van der Waals surface area contributed by atoms with Crippen LogP contribution in [0, 0.1) is 5.92 Å². The van der Waals surface area contributed by atoms with Crippen LogP contribution in [0.15, 0.2) is 23.1 Å². The normalized spacial score (nSPS) is 24.6. The molecule has 1 aromatic carbocycles. The molecule has 1 saturated carbocycles. The van der Waals surface area contributed by atoms with Crippen molar-refractivity contribution in [1.82, 2.24) is 9.21 Å². The summed E-state index contributed by atoms with van der Waals surface area (Å²) >= 11 is 0. The highest BCUT2D eigenvalue weighted by Crippen LogP contribution is 2.31. The minimum atomic E-state index is -3.68. The Bertz CT molecular complexity index is 795. The fourth-order valence-electron chi connectivity index (χ4n) is 3.47. The first-order chi connectivity index (χ1) is 11.2. The van der Waals surface area contributed by atoms with Crippen LogP contribution in [-0.4, -0.2) is 49.6 Å². The van der Waals surface area contributed by atoms with Gasteiger partial charge in [0.05, 0.1) is 16.0 Å². The highest BCUT2D eigenvalue weighted by atomic mass is 32.2. The highest BCUT2D eigenvalue weighted by molar-refractivity contribution is 7.89. The van der Waals surface area contributed by atoms with Crippen molar-refractivity contribution in [3.63, 3.8) is 0 Å². The van der Waals surface area contributed by atoms with E-state index in [0.717, 1.165) is 30.6 Å². The van der Waals surface area contributed by atoms with Gasteiger partial charge in [-0.3, -0.25) is 14.5 Å². The van der Waals surface area contributed by atoms with Crippen LogP contribution in [-0.2, 0) is 10.0 Å². The van der Waals surface area contributed by atoms with E-state index < -0.39 is 21.8 Å². The maximum atomic E-state index is 12.9. The van der Waals surface area contributed by atoms with Crippen LogP contribution in [0.4, 0.5) is 0 Å². The molecule has 0 aromatic heterocycles. The Balaban J connectivity index is 1.91. The van der Waals surface area contributed by atoms with E-state index in [-0.39, 0.29) is 22.1 Å². The van der Waals surface area contributed by atoms with Gasteiger partial charge in [-0.15, -0.1) is 0 Å². The Morgan fingerprint density at radius 2 is 1.62 bits per heavy atom. The fourth-order valence-corrected chi connectivity index (χ4v) is 4.91. The third-order valence-electron chi connectivity index (χ3n) is 5.24. The van der Waals surface area contributed by atoms with Gasteiger partial charge in [0.25, 0.3) is 11.8 Å². The Morgan fingerprint density at radius 3 is 2.25 bits per heavy atom. The quantitative estimate of drug-likeness (QED) is 0.783. The lowest BCUT2D eigenvalue weighted by atomic mass is 9.87. The van der Waals surface area contributed by atoms with Crippen LogP contribution in [0.5, 0.6) is 0 Å². The summed E-state index contributed by atoms with van der Waals surface area (Å²) in [5.41, 5.74) is 0.421. The molecule has 1 aliphatic heterocycles. The Kier molecular flexibility index (Phi) is 4.25. The predicted octanol–water partition coefficient (Wildman–Crippen LogP) is 2.11. The number of hydrogen-bond donors (Lipinski definition) is 0. The first-order valence-corrected chi connectivity index (χ1v) is 9.62. The molecule has 0 N–H and O–H groups in total. The summed E-state index contributed by atoms with van der Waals surface area (Å²) in [5, 5.41) is 0. The molecule has 1 fully saturated rings. The van der Waals surface area contributed by atoms with E-state index in [1.165, 1.54) is 29.6 Å². The molecule has 0 saturated heterocycles. The largest absolute Gasteiger partial charge is 0.277 e. The van der Waals surface area contributed by atoms with E-state index in [1.807, 2.05) is 0 Å². The number of carbonyl (C=O) groups is 2. The summed E-state index contributed by atoms with van der Waals surface area (Å²) in [7, 11) is -0.688. The number of rotatable bonds is 3. The highest BCUT2D eigenvalue weighted by Gasteiger charge is 2.36. The first kappa shape index (κ1) is 17.1. The van der Waals surface area contributed by atoms with Crippen LogP contribution in [0.2, 0.25) is 0 Å². The van der Waals surface area contributed by atoms with Crippen LogP contribution >= 0.6 is 0 Å². The van der Waals surface area contributed by atoms with Gasteiger partial charge >= 0.3 is 0 Å². The third-order valence-corrected chi connectivity index (χ3v) is 7.14. The molecule has 3 rings (SSSR count). The number of hydrogen-bond acceptors (Lipinski definition) is 4. The standard InChI is InChI=1S/C17H22N2O4S/c1-11-4-6-12(7-5-11)19(3)24(22,23)13-8-9-14-15(10-13)17(21)18(2)16(14)20/h8-12H,4-7H2,1-3H3. The van der Waals surface area contributed by atoms with Gasteiger partial charge < -0.3 is 0 Å². The van der Waals surface area contributed by atoms with Gasteiger partial charge in [-0.25, -0.2) is 8.42 Å². The zero-order chi connectivity index (χ0) is 17.6. The molecule has 1 aromatic rings. The second-order valence-corrected chi connectivity index (χ2v) is 8.81. The molecule has 7 heteroatoms. The molecule has 2 aliphatic rings. The summed E-state index contributed by atoms with van der Waals surface area (Å²) in [6.45, 7) is 2.18. The lowest BCUT2D eigenvalue weighted by molar-refractivity contribution is 0.0693. The number of fused-ring (bicyclic) bond motifs is 1. The van der Waals surface area contributed by atoms with Crippen molar-refractivity contribution in [1.29, 1.82) is 0 Å². The fraction of sp³-hybridized carbons (Fsp3) is 0.529. The van der Waals surface area contributed by atoms with Crippen molar-refractivity contribution in [2.45, 2.75) is 43.5 Å². The molecule has 6 nitrogen and oxygen atoms in total. The number of carbonyl (C=O) groups excluding carboxylic acids is 2. The van der Waals surface area contributed by atoms with Crippen molar-refractivity contribution < 1.29 is 18.0 Å². The molecule has 0 atom stereocenters. The second-order valence-electron chi connectivity index (χ2n) is 6.81. The molecule has 130 valence electrons. The van der Waals surface area contributed by atoms with Crippen LogP contribution in [0.25, 0.3) is 0 Å². The monoisotopic (exact) mass is 350 g/mol. The lowest BCUT2D eigenvalue weighted by Crippen LogP contribution is -2.39. The summed E-state index contributed by atoms with van der Waals surface area (Å²) < 4.78 is 27.2. The molecule has 0 unspecified atom stereocenters. The molecule has 1 aliphatic carbocycles. The molecular weight excluding hydrogens is 328 g/mol. The Labute approximate surface area is 142 Å². The summed E-state index contributed by atoms with van der Waals surface area (Å²) in [6, 6.07) is 4.17. The van der Waals surface area contributed by atoms with Crippen molar-refractivity contribution in [3.8, 4) is 0 Å². The minimum absolute atomic E-state index is 0.0144. The number of benzene rings is 1. The number of nitrogens with zero attached hydrogens (tertiary/aromatic N) is 2. The van der Waals surface area contributed by atoms with Crippen LogP contribution in [0.3, 0.4) is 0 Å². The molecule has 0 radical (unpaired) electrons. The molecule has 24 heavy (non-hydrogen) atoms. The number of amides is 2. The van der Waals surface area contributed by atoms with Crippen molar-refractivity contribution in [3.05, 3.63) is 29.3 Å². The van der Waals surface area contributed by atoms with Gasteiger partial charge in [0, 0.05) is 20.1 Å². The predicted molar refractivity (Wildman–Crippen MR) is 89.2 cm³/mol. The maximum Gasteiger partial charge on any atom is 0.261 e. The Hall–Kier alpha value is -1.73. The average molecular weight is 350 g/mol. The van der Waals surface area contributed by atoms with Crippen molar-refractivity contribution in [2.75, 3.05) is 14.1 Å². The molecule has 1 heterocycles. The van der Waals surface area contributed by atoms with E-state index >= 15 is 0 Å².